The maximum Gasteiger partial charge on any atom is 0.180 e. The lowest BCUT2D eigenvalue weighted by atomic mass is 10.1. The maximum absolute atomic E-state index is 12.4. The van der Waals surface area contributed by atoms with Crippen molar-refractivity contribution in [2.24, 2.45) is 0 Å². The largest absolute Gasteiger partial charge is 0.497 e. The average Bonchev–Trinajstić information content (AvgIpc) is 3.00. The fourth-order valence-corrected chi connectivity index (χ4v) is 4.65. The molecule has 0 aliphatic heterocycles. The van der Waals surface area contributed by atoms with E-state index < -0.39 is 15.1 Å². The van der Waals surface area contributed by atoms with Crippen LogP contribution in [0.4, 0.5) is 0 Å². The van der Waals surface area contributed by atoms with Crippen LogP contribution in [0.5, 0.6) is 5.75 Å². The maximum atomic E-state index is 12.4. The average molecular weight is 296 g/mol. The molecule has 1 fully saturated rings. The third-order valence-electron chi connectivity index (χ3n) is 4.00. The van der Waals surface area contributed by atoms with Crippen LogP contribution in [0.2, 0.25) is 0 Å². The second-order valence-corrected chi connectivity index (χ2v) is 7.78. The van der Waals surface area contributed by atoms with Crippen molar-refractivity contribution in [3.05, 3.63) is 29.8 Å². The van der Waals surface area contributed by atoms with E-state index in [2.05, 4.69) is 0 Å². The Morgan fingerprint density at radius 3 is 2.25 bits per heavy atom. The Bertz CT molecular complexity index is 568. The minimum Gasteiger partial charge on any atom is -0.497 e. The number of rotatable bonds is 5. The minimum atomic E-state index is -3.38. The first-order valence-corrected chi connectivity index (χ1v) is 8.48. The fourth-order valence-electron chi connectivity index (χ4n) is 2.64. The molecule has 0 N–H and O–H groups in total. The molecule has 4 nitrogen and oxygen atoms in total. The van der Waals surface area contributed by atoms with E-state index in [-0.39, 0.29) is 11.0 Å². The van der Waals surface area contributed by atoms with Gasteiger partial charge in [-0.3, -0.25) is 4.79 Å². The molecule has 0 amide bonds. The highest BCUT2D eigenvalue weighted by Crippen LogP contribution is 2.28. The van der Waals surface area contributed by atoms with Gasteiger partial charge in [0, 0.05) is 5.56 Å². The summed E-state index contributed by atoms with van der Waals surface area (Å²) in [5.41, 5.74) is 0.417. The van der Waals surface area contributed by atoms with Crippen LogP contribution in [0.15, 0.2) is 24.3 Å². The van der Waals surface area contributed by atoms with Crippen molar-refractivity contribution in [2.75, 3.05) is 7.11 Å². The Balaban J connectivity index is 2.18. The summed E-state index contributed by atoms with van der Waals surface area (Å²) in [6, 6.07) is 6.56. The SMILES string of the molecule is COc1ccc(C(=O)C(C)S(=O)(=O)C2CCCC2)cc1. The van der Waals surface area contributed by atoms with Crippen molar-refractivity contribution in [1.29, 1.82) is 0 Å². The van der Waals surface area contributed by atoms with Crippen molar-refractivity contribution < 1.29 is 17.9 Å². The second kappa shape index (κ2) is 5.95. The van der Waals surface area contributed by atoms with Crippen LogP contribution < -0.4 is 4.74 Å². The van der Waals surface area contributed by atoms with Gasteiger partial charge in [-0.05, 0) is 44.0 Å². The number of hydrogen-bond acceptors (Lipinski definition) is 4. The van der Waals surface area contributed by atoms with Crippen LogP contribution in [0.3, 0.4) is 0 Å². The molecule has 0 bridgehead atoms. The first-order valence-electron chi connectivity index (χ1n) is 6.88. The van der Waals surface area contributed by atoms with Gasteiger partial charge < -0.3 is 4.74 Å². The lowest BCUT2D eigenvalue weighted by Gasteiger charge is -2.17. The predicted octanol–water partition coefficient (Wildman–Crippen LogP) is 2.62. The van der Waals surface area contributed by atoms with Gasteiger partial charge in [0.25, 0.3) is 0 Å². The summed E-state index contributed by atoms with van der Waals surface area (Å²) in [5.74, 6) is 0.312. The quantitative estimate of drug-likeness (QED) is 0.784. The summed E-state index contributed by atoms with van der Waals surface area (Å²) >= 11 is 0. The Hall–Kier alpha value is -1.36. The molecule has 1 atom stereocenters. The molecule has 0 aromatic heterocycles. The number of methoxy groups -OCH3 is 1. The van der Waals surface area contributed by atoms with Gasteiger partial charge >= 0.3 is 0 Å². The molecular formula is C15H20O4S. The summed E-state index contributed by atoms with van der Waals surface area (Å²) in [6.45, 7) is 1.50. The Labute approximate surface area is 120 Å². The minimum absolute atomic E-state index is 0.334. The van der Waals surface area contributed by atoms with Crippen LogP contribution in [-0.2, 0) is 9.84 Å². The summed E-state index contributed by atoms with van der Waals surface area (Å²) in [4.78, 5) is 12.3. The van der Waals surface area contributed by atoms with Crippen molar-refractivity contribution in [1.82, 2.24) is 0 Å². The first-order chi connectivity index (χ1) is 9.46. The van der Waals surface area contributed by atoms with E-state index in [9.17, 15) is 13.2 Å². The number of ketones is 1. The third-order valence-corrected chi connectivity index (χ3v) is 6.60. The summed E-state index contributed by atoms with van der Waals surface area (Å²) in [7, 11) is -1.84. The van der Waals surface area contributed by atoms with Crippen LogP contribution in [-0.4, -0.2) is 31.8 Å². The normalized spacial score (nSPS) is 17.9. The zero-order chi connectivity index (χ0) is 14.8. The summed E-state index contributed by atoms with van der Waals surface area (Å²) in [5, 5.41) is -1.32. The van der Waals surface area contributed by atoms with Crippen LogP contribution >= 0.6 is 0 Å². The number of benzene rings is 1. The highest BCUT2D eigenvalue weighted by Gasteiger charge is 2.37. The van der Waals surface area contributed by atoms with E-state index in [1.54, 1.807) is 31.4 Å². The molecular weight excluding hydrogens is 276 g/mol. The number of sulfone groups is 1. The Morgan fingerprint density at radius 1 is 1.20 bits per heavy atom. The zero-order valence-electron chi connectivity index (χ0n) is 11.8. The van der Waals surface area contributed by atoms with E-state index in [0.29, 0.717) is 24.2 Å². The predicted molar refractivity (Wildman–Crippen MR) is 78.0 cm³/mol. The topological polar surface area (TPSA) is 60.4 Å². The molecule has 0 saturated heterocycles. The molecule has 5 heteroatoms. The van der Waals surface area contributed by atoms with Gasteiger partial charge in [0.1, 0.15) is 11.0 Å². The van der Waals surface area contributed by atoms with Crippen LogP contribution in [0.25, 0.3) is 0 Å². The Kier molecular flexibility index (Phi) is 4.48. The monoisotopic (exact) mass is 296 g/mol. The van der Waals surface area contributed by atoms with E-state index in [4.69, 9.17) is 4.74 Å². The third kappa shape index (κ3) is 2.87. The first kappa shape index (κ1) is 15.0. The van der Waals surface area contributed by atoms with Crippen LogP contribution in [0.1, 0.15) is 43.0 Å². The van der Waals surface area contributed by atoms with E-state index in [1.165, 1.54) is 6.92 Å². The summed E-state index contributed by atoms with van der Waals surface area (Å²) in [6.07, 6.45) is 3.24. The molecule has 1 aliphatic carbocycles. The summed E-state index contributed by atoms with van der Waals surface area (Å²) < 4.78 is 29.9. The smallest absolute Gasteiger partial charge is 0.180 e. The van der Waals surface area contributed by atoms with Crippen molar-refractivity contribution in [3.63, 3.8) is 0 Å². The van der Waals surface area contributed by atoms with Gasteiger partial charge in [-0.15, -0.1) is 0 Å². The lowest BCUT2D eigenvalue weighted by Crippen LogP contribution is -2.34. The molecule has 2 rings (SSSR count). The van der Waals surface area contributed by atoms with Crippen molar-refractivity contribution >= 4 is 15.6 Å². The van der Waals surface area contributed by atoms with E-state index >= 15 is 0 Å². The molecule has 1 aromatic carbocycles. The Morgan fingerprint density at radius 2 is 1.75 bits per heavy atom. The molecule has 0 heterocycles. The molecule has 1 unspecified atom stereocenters. The zero-order valence-corrected chi connectivity index (χ0v) is 12.7. The molecule has 1 saturated carbocycles. The molecule has 1 aromatic rings. The van der Waals surface area contributed by atoms with Crippen molar-refractivity contribution in [2.45, 2.75) is 43.1 Å². The van der Waals surface area contributed by atoms with Gasteiger partial charge in [0.2, 0.25) is 0 Å². The number of ether oxygens (including phenoxy) is 1. The van der Waals surface area contributed by atoms with Gasteiger partial charge in [-0.1, -0.05) is 12.8 Å². The molecule has 1 aliphatic rings. The molecule has 110 valence electrons. The molecule has 20 heavy (non-hydrogen) atoms. The number of carbonyl (C=O) groups is 1. The van der Waals surface area contributed by atoms with Crippen molar-refractivity contribution in [3.8, 4) is 5.75 Å². The van der Waals surface area contributed by atoms with Gasteiger partial charge in [-0.2, -0.15) is 0 Å². The highest BCUT2D eigenvalue weighted by atomic mass is 32.2. The molecule has 0 spiro atoms. The van der Waals surface area contributed by atoms with Gasteiger partial charge in [-0.25, -0.2) is 8.42 Å². The highest BCUT2D eigenvalue weighted by molar-refractivity contribution is 7.93. The van der Waals surface area contributed by atoms with Gasteiger partial charge in [0.15, 0.2) is 15.6 Å². The van der Waals surface area contributed by atoms with Crippen LogP contribution in [0, 0.1) is 0 Å². The van der Waals surface area contributed by atoms with E-state index in [1.807, 2.05) is 0 Å². The number of Topliss-reactive ketones (excluding diaryl/α,β-unsaturated/α-hetero) is 1. The van der Waals surface area contributed by atoms with Gasteiger partial charge in [0.05, 0.1) is 12.4 Å². The standard InChI is InChI=1S/C15H20O4S/c1-11(20(17,18)14-5-3-4-6-14)15(16)12-7-9-13(19-2)10-8-12/h7-11,14H,3-6H2,1-2H3. The lowest BCUT2D eigenvalue weighted by molar-refractivity contribution is 0.0991. The fraction of sp³-hybridized carbons (Fsp3) is 0.533. The number of hydrogen-bond donors (Lipinski definition) is 0. The number of carbonyl (C=O) groups excluding carboxylic acids is 1. The second-order valence-electron chi connectivity index (χ2n) is 5.23. The van der Waals surface area contributed by atoms with E-state index in [0.717, 1.165) is 12.8 Å². The molecule has 0 radical (unpaired) electrons.